The SMILES string of the molecule is [CH-]=O.[CH-]=O.[CH2-]C(=O)CC(=O)C(=O)O.[Rh+3]. The first-order chi connectivity index (χ1) is 6.04. The van der Waals surface area contributed by atoms with E-state index in [9.17, 15) is 14.4 Å². The maximum Gasteiger partial charge on any atom is 3.00 e. The Kier molecular flexibility index (Phi) is 28.9. The predicted octanol–water partition coefficient (Wildman–Crippen LogP) is -1.12. The van der Waals surface area contributed by atoms with Crippen LogP contribution in [-0.4, -0.2) is 36.2 Å². The molecule has 0 aliphatic rings. The Hall–Kier alpha value is -1.36. The maximum absolute atomic E-state index is 10.1. The fourth-order valence-corrected chi connectivity index (χ4v) is 0.255. The average molecular weight is 290 g/mol. The summed E-state index contributed by atoms with van der Waals surface area (Å²) in [5.41, 5.74) is 0. The standard InChI is InChI=1S/C5H5O4.2CHO.Rh/c1-3(6)2-4(7)5(8)9;2*1-2;/h1-2H2,(H,8,9);2*1H;/q3*-1;+3. The molecule has 0 aromatic carbocycles. The molecule has 0 aliphatic carbocycles. The van der Waals surface area contributed by atoms with Crippen LogP contribution in [0.25, 0.3) is 0 Å². The van der Waals surface area contributed by atoms with Gasteiger partial charge < -0.3 is 26.4 Å². The molecule has 1 N–H and O–H groups in total. The third-order valence-corrected chi connectivity index (χ3v) is 0.596. The number of carboxylic acid groups (broad SMARTS) is 1. The molecule has 0 radical (unpaired) electrons. The van der Waals surface area contributed by atoms with E-state index in [2.05, 4.69) is 20.5 Å². The van der Waals surface area contributed by atoms with Gasteiger partial charge in [-0.15, -0.1) is 0 Å². The van der Waals surface area contributed by atoms with E-state index in [1.165, 1.54) is 0 Å². The summed E-state index contributed by atoms with van der Waals surface area (Å²) in [4.78, 5) is 45.3. The van der Waals surface area contributed by atoms with E-state index >= 15 is 0 Å². The number of hydrogen-bond acceptors (Lipinski definition) is 5. The second kappa shape index (κ2) is 17.7. The zero-order valence-corrected chi connectivity index (χ0v) is 8.53. The van der Waals surface area contributed by atoms with Crippen molar-refractivity contribution >= 4 is 31.1 Å². The summed E-state index contributed by atoms with van der Waals surface area (Å²) < 4.78 is 0. The van der Waals surface area contributed by atoms with Gasteiger partial charge in [-0.25, -0.2) is 4.79 Å². The molecule has 0 aromatic rings. The number of aliphatic carboxylic acids is 1. The number of rotatable bonds is 3. The number of Topliss-reactive ketones (excluding diaryl/α,β-unsaturated/α-hetero) is 2. The first kappa shape index (κ1) is 22.9. The molecule has 0 unspecified atom stereocenters. The Bertz CT molecular complexity index is 189. The van der Waals surface area contributed by atoms with Crippen LogP contribution in [0, 0.1) is 6.92 Å². The molecule has 0 amide bonds. The normalized spacial score (nSPS) is 6.00. The predicted molar refractivity (Wildman–Crippen MR) is 41.1 cm³/mol. The number of carbonyl (C=O) groups excluding carboxylic acids is 4. The zero-order chi connectivity index (χ0) is 11.4. The Morgan fingerprint density at radius 1 is 1.07 bits per heavy atom. The summed E-state index contributed by atoms with van der Waals surface area (Å²) >= 11 is 0. The van der Waals surface area contributed by atoms with Gasteiger partial charge in [0.15, 0.2) is 0 Å². The average Bonchev–Trinajstić information content (AvgIpc) is 2.10. The fourth-order valence-electron chi connectivity index (χ4n) is 0.255. The molecule has 0 rings (SSSR count). The smallest absolute Gasteiger partial charge is 0.545 e. The second-order valence-corrected chi connectivity index (χ2v) is 1.44. The van der Waals surface area contributed by atoms with Gasteiger partial charge in [-0.2, -0.15) is 0 Å². The summed E-state index contributed by atoms with van der Waals surface area (Å²) in [6, 6.07) is 0. The van der Waals surface area contributed by atoms with Crippen LogP contribution in [0.1, 0.15) is 6.42 Å². The number of hydrogen-bond donors (Lipinski definition) is 1. The number of carboxylic acids is 1. The minimum Gasteiger partial charge on any atom is -0.545 e. The van der Waals surface area contributed by atoms with Crippen LogP contribution >= 0.6 is 0 Å². The summed E-state index contributed by atoms with van der Waals surface area (Å²) in [5, 5.41) is 7.90. The third kappa shape index (κ3) is 22.4. The Balaban J connectivity index is -0.0000000883. The first-order valence-corrected chi connectivity index (χ1v) is 2.62. The minimum atomic E-state index is -1.59. The first-order valence-electron chi connectivity index (χ1n) is 2.62. The van der Waals surface area contributed by atoms with Gasteiger partial charge in [0, 0.05) is 12.2 Å². The molecule has 6 nitrogen and oxygen atoms in total. The van der Waals surface area contributed by atoms with Gasteiger partial charge in [0.05, 0.1) is 0 Å². The summed E-state index contributed by atoms with van der Waals surface area (Å²) in [6.45, 7) is 9.34. The van der Waals surface area contributed by atoms with Gasteiger partial charge in [0.2, 0.25) is 5.78 Å². The van der Waals surface area contributed by atoms with E-state index in [1.807, 2.05) is 0 Å². The van der Waals surface area contributed by atoms with Crippen molar-refractivity contribution in [1.29, 1.82) is 0 Å². The van der Waals surface area contributed by atoms with Gasteiger partial charge in [-0.05, 0) is 0 Å². The Morgan fingerprint density at radius 2 is 1.36 bits per heavy atom. The van der Waals surface area contributed by atoms with Crippen LogP contribution in [0.4, 0.5) is 0 Å². The van der Waals surface area contributed by atoms with Crippen molar-refractivity contribution in [3.8, 4) is 0 Å². The van der Waals surface area contributed by atoms with Crippen molar-refractivity contribution in [2.75, 3.05) is 0 Å². The van der Waals surface area contributed by atoms with Gasteiger partial charge in [0.25, 0.3) is 0 Å². The summed E-state index contributed by atoms with van der Waals surface area (Å²) in [7, 11) is 0. The molecule has 80 valence electrons. The molecular formula is C7H7O6Rh. The van der Waals surface area contributed by atoms with Crippen molar-refractivity contribution < 1.29 is 48.6 Å². The van der Waals surface area contributed by atoms with Gasteiger partial charge in [-0.3, -0.25) is 18.4 Å². The zero-order valence-electron chi connectivity index (χ0n) is 6.89. The monoisotopic (exact) mass is 290 g/mol. The van der Waals surface area contributed by atoms with Gasteiger partial charge in [-0.1, -0.05) is 0 Å². The van der Waals surface area contributed by atoms with E-state index in [0.717, 1.165) is 0 Å². The largest absolute Gasteiger partial charge is 3.00 e. The van der Waals surface area contributed by atoms with E-state index in [0.29, 0.717) is 0 Å². The number of ketones is 2. The molecule has 14 heavy (non-hydrogen) atoms. The van der Waals surface area contributed by atoms with E-state index in [1.54, 1.807) is 0 Å². The van der Waals surface area contributed by atoms with Gasteiger partial charge >= 0.3 is 25.4 Å². The van der Waals surface area contributed by atoms with Crippen molar-refractivity contribution in [2.45, 2.75) is 6.42 Å². The molecule has 0 saturated carbocycles. The van der Waals surface area contributed by atoms with Crippen LogP contribution < -0.4 is 0 Å². The molecular weight excluding hydrogens is 283 g/mol. The van der Waals surface area contributed by atoms with Crippen LogP contribution in [0.5, 0.6) is 0 Å². The fraction of sp³-hybridized carbons (Fsp3) is 0.143. The summed E-state index contributed by atoms with van der Waals surface area (Å²) in [6.07, 6.45) is -0.616. The Labute approximate surface area is 93.4 Å². The van der Waals surface area contributed by atoms with Crippen molar-refractivity contribution in [2.24, 2.45) is 0 Å². The maximum atomic E-state index is 10.1. The summed E-state index contributed by atoms with van der Waals surface area (Å²) in [5.74, 6) is -3.38. The van der Waals surface area contributed by atoms with Gasteiger partial charge in [0.1, 0.15) is 0 Å². The molecule has 0 bridgehead atoms. The minimum absolute atomic E-state index is 0. The van der Waals surface area contributed by atoms with E-state index < -0.39 is 24.0 Å². The number of carbonyl (C=O) groups is 3. The van der Waals surface area contributed by atoms with Crippen LogP contribution in [0.15, 0.2) is 0 Å². The Morgan fingerprint density at radius 3 is 1.43 bits per heavy atom. The second-order valence-electron chi connectivity index (χ2n) is 1.44. The van der Waals surface area contributed by atoms with Crippen LogP contribution in [-0.2, 0) is 43.5 Å². The topological polar surface area (TPSA) is 106 Å². The molecule has 0 aromatic heterocycles. The molecule has 0 fully saturated rings. The van der Waals surface area contributed by atoms with E-state index in [4.69, 9.17) is 14.7 Å². The van der Waals surface area contributed by atoms with E-state index in [-0.39, 0.29) is 19.5 Å². The van der Waals surface area contributed by atoms with Crippen LogP contribution in [0.3, 0.4) is 0 Å². The molecule has 0 aliphatic heterocycles. The molecule has 0 spiro atoms. The third-order valence-electron chi connectivity index (χ3n) is 0.596. The van der Waals surface area contributed by atoms with Crippen molar-refractivity contribution in [3.05, 3.63) is 6.92 Å². The van der Waals surface area contributed by atoms with Crippen LogP contribution in [0.2, 0.25) is 0 Å². The quantitative estimate of drug-likeness (QED) is 0.232. The molecule has 0 atom stereocenters. The molecule has 7 heteroatoms. The molecule has 0 saturated heterocycles. The van der Waals surface area contributed by atoms with Crippen molar-refractivity contribution in [1.82, 2.24) is 0 Å². The molecule has 0 heterocycles. The van der Waals surface area contributed by atoms with Crippen molar-refractivity contribution in [3.63, 3.8) is 0 Å².